The molecule has 0 spiro atoms. The van der Waals surface area contributed by atoms with Crippen molar-refractivity contribution in [3.63, 3.8) is 0 Å². The van der Waals surface area contributed by atoms with E-state index in [-0.39, 0.29) is 24.5 Å². The highest BCUT2D eigenvalue weighted by Gasteiger charge is 2.35. The summed E-state index contributed by atoms with van der Waals surface area (Å²) < 4.78 is 0. The number of pyridine rings is 1. The van der Waals surface area contributed by atoms with Gasteiger partial charge in [-0.1, -0.05) is 6.07 Å². The van der Waals surface area contributed by atoms with Gasteiger partial charge in [0, 0.05) is 20.3 Å². The Hall–Kier alpha value is -2.11. The molecule has 1 saturated carbocycles. The van der Waals surface area contributed by atoms with Gasteiger partial charge in [0.1, 0.15) is 0 Å². The minimum absolute atomic E-state index is 0.0217. The van der Waals surface area contributed by atoms with Crippen LogP contribution in [0.25, 0.3) is 0 Å². The fourth-order valence-electron chi connectivity index (χ4n) is 2.20. The molecule has 1 atom stereocenters. The summed E-state index contributed by atoms with van der Waals surface area (Å²) >= 11 is 0. The van der Waals surface area contributed by atoms with Gasteiger partial charge in [0.25, 0.3) is 0 Å². The molecule has 1 heterocycles. The van der Waals surface area contributed by atoms with Crippen LogP contribution in [0.5, 0.6) is 0 Å². The van der Waals surface area contributed by atoms with Gasteiger partial charge in [0.05, 0.1) is 18.3 Å². The van der Waals surface area contributed by atoms with Gasteiger partial charge < -0.3 is 15.5 Å². The van der Waals surface area contributed by atoms with Crippen molar-refractivity contribution >= 4 is 11.9 Å². The largest absolute Gasteiger partial charge is 0.346 e. The summed E-state index contributed by atoms with van der Waals surface area (Å²) in [4.78, 5) is 29.3. The number of carbonyl (C=O) groups is 2. The molecule has 0 saturated heterocycles. The predicted octanol–water partition coefficient (Wildman–Crippen LogP) is 1.23. The first-order valence-electron chi connectivity index (χ1n) is 7.15. The maximum atomic E-state index is 12.0. The lowest BCUT2D eigenvalue weighted by atomic mass is 10.0. The zero-order valence-corrected chi connectivity index (χ0v) is 12.7. The lowest BCUT2D eigenvalue weighted by Crippen LogP contribution is -2.43. The highest BCUT2D eigenvalue weighted by atomic mass is 16.2. The third-order valence-electron chi connectivity index (χ3n) is 3.56. The van der Waals surface area contributed by atoms with E-state index in [0.29, 0.717) is 5.92 Å². The number of aryl methyl sites for hydroxylation is 1. The first-order chi connectivity index (χ1) is 9.99. The number of hydrogen-bond donors (Lipinski definition) is 2. The zero-order valence-electron chi connectivity index (χ0n) is 12.7. The Balaban J connectivity index is 1.96. The van der Waals surface area contributed by atoms with Gasteiger partial charge in [-0.05, 0) is 37.3 Å². The van der Waals surface area contributed by atoms with Crippen molar-refractivity contribution in [3.05, 3.63) is 29.6 Å². The van der Waals surface area contributed by atoms with Crippen molar-refractivity contribution in [2.45, 2.75) is 25.8 Å². The summed E-state index contributed by atoms with van der Waals surface area (Å²) in [6.45, 7) is 1.98. The number of amides is 3. The van der Waals surface area contributed by atoms with Crippen molar-refractivity contribution < 1.29 is 9.59 Å². The number of nitrogens with zero attached hydrogens (tertiary/aromatic N) is 2. The van der Waals surface area contributed by atoms with Crippen LogP contribution in [-0.4, -0.2) is 42.5 Å². The summed E-state index contributed by atoms with van der Waals surface area (Å²) in [5.41, 5.74) is 2.00. The molecule has 1 aliphatic rings. The summed E-state index contributed by atoms with van der Waals surface area (Å²) in [5.74, 6) is 0.263. The normalized spacial score (nSPS) is 15.2. The van der Waals surface area contributed by atoms with E-state index in [2.05, 4.69) is 15.6 Å². The number of hydrogen-bond acceptors (Lipinski definition) is 3. The monoisotopic (exact) mass is 290 g/mol. The number of nitrogens with one attached hydrogen (secondary N) is 2. The van der Waals surface area contributed by atoms with Gasteiger partial charge >= 0.3 is 6.03 Å². The molecule has 21 heavy (non-hydrogen) atoms. The van der Waals surface area contributed by atoms with E-state index in [1.807, 2.05) is 19.1 Å². The molecule has 2 N–H and O–H groups in total. The van der Waals surface area contributed by atoms with Gasteiger partial charge in [-0.25, -0.2) is 4.79 Å². The molecular formula is C15H22N4O2. The van der Waals surface area contributed by atoms with Crippen LogP contribution in [0.15, 0.2) is 18.3 Å². The highest BCUT2D eigenvalue weighted by Crippen LogP contribution is 2.41. The molecule has 0 radical (unpaired) electrons. The molecule has 1 aromatic rings. The lowest BCUT2D eigenvalue weighted by Gasteiger charge is -2.20. The SMILES string of the molecule is Cc1cccnc1[C@H](NC(=O)CNC(=O)N(C)C)C1CC1. The average molecular weight is 290 g/mol. The van der Waals surface area contributed by atoms with Crippen LogP contribution >= 0.6 is 0 Å². The van der Waals surface area contributed by atoms with E-state index in [9.17, 15) is 9.59 Å². The third kappa shape index (κ3) is 4.18. The fraction of sp³-hybridized carbons (Fsp3) is 0.533. The van der Waals surface area contributed by atoms with E-state index >= 15 is 0 Å². The van der Waals surface area contributed by atoms with Gasteiger partial charge in [-0.2, -0.15) is 0 Å². The van der Waals surface area contributed by atoms with Crippen molar-refractivity contribution in [2.24, 2.45) is 5.92 Å². The smallest absolute Gasteiger partial charge is 0.317 e. The van der Waals surface area contributed by atoms with E-state index in [1.54, 1.807) is 20.3 Å². The number of rotatable bonds is 5. The molecule has 1 fully saturated rings. The second kappa shape index (κ2) is 6.56. The Morgan fingerprint density at radius 3 is 2.71 bits per heavy atom. The van der Waals surface area contributed by atoms with E-state index in [0.717, 1.165) is 24.1 Å². The molecule has 0 unspecified atom stereocenters. The van der Waals surface area contributed by atoms with Crippen LogP contribution in [0.3, 0.4) is 0 Å². The van der Waals surface area contributed by atoms with Crippen molar-refractivity contribution in [3.8, 4) is 0 Å². The molecular weight excluding hydrogens is 268 g/mol. The molecule has 2 rings (SSSR count). The Morgan fingerprint density at radius 1 is 1.43 bits per heavy atom. The van der Waals surface area contributed by atoms with Crippen molar-refractivity contribution in [2.75, 3.05) is 20.6 Å². The van der Waals surface area contributed by atoms with Gasteiger partial charge in [0.2, 0.25) is 5.91 Å². The predicted molar refractivity (Wildman–Crippen MR) is 79.7 cm³/mol. The van der Waals surface area contributed by atoms with Crippen molar-refractivity contribution in [1.29, 1.82) is 0 Å². The maximum Gasteiger partial charge on any atom is 0.317 e. The van der Waals surface area contributed by atoms with Crippen LogP contribution in [0.4, 0.5) is 4.79 Å². The Bertz CT molecular complexity index is 526. The number of urea groups is 1. The minimum Gasteiger partial charge on any atom is -0.346 e. The van der Waals surface area contributed by atoms with E-state index in [1.165, 1.54) is 4.90 Å². The zero-order chi connectivity index (χ0) is 15.4. The fourth-order valence-corrected chi connectivity index (χ4v) is 2.20. The number of carbonyl (C=O) groups excluding carboxylic acids is 2. The Kier molecular flexibility index (Phi) is 4.77. The topological polar surface area (TPSA) is 74.3 Å². The maximum absolute atomic E-state index is 12.0. The molecule has 1 aliphatic carbocycles. The molecule has 0 bridgehead atoms. The number of aromatic nitrogens is 1. The third-order valence-corrected chi connectivity index (χ3v) is 3.56. The van der Waals surface area contributed by atoms with Gasteiger partial charge in [0.15, 0.2) is 0 Å². The van der Waals surface area contributed by atoms with E-state index < -0.39 is 0 Å². The second-order valence-electron chi connectivity index (χ2n) is 5.64. The Labute approximate surface area is 124 Å². The van der Waals surface area contributed by atoms with Crippen molar-refractivity contribution in [1.82, 2.24) is 20.5 Å². The highest BCUT2D eigenvalue weighted by molar-refractivity contribution is 5.84. The minimum atomic E-state index is -0.276. The molecule has 114 valence electrons. The van der Waals surface area contributed by atoms with Crippen LogP contribution in [0, 0.1) is 12.8 Å². The summed E-state index contributed by atoms with van der Waals surface area (Å²) in [6, 6.07) is 3.55. The second-order valence-corrected chi connectivity index (χ2v) is 5.64. The van der Waals surface area contributed by atoms with Gasteiger partial charge in [-0.3, -0.25) is 9.78 Å². The molecule has 0 aromatic carbocycles. The molecule has 3 amide bonds. The molecule has 6 heteroatoms. The quantitative estimate of drug-likeness (QED) is 0.856. The summed E-state index contributed by atoms with van der Waals surface area (Å²) in [6.07, 6.45) is 3.95. The first-order valence-corrected chi connectivity index (χ1v) is 7.15. The molecule has 6 nitrogen and oxygen atoms in total. The van der Waals surface area contributed by atoms with Crippen LogP contribution in [-0.2, 0) is 4.79 Å². The van der Waals surface area contributed by atoms with Crippen LogP contribution < -0.4 is 10.6 Å². The first kappa shape index (κ1) is 15.3. The van der Waals surface area contributed by atoms with Crippen LogP contribution in [0.2, 0.25) is 0 Å². The lowest BCUT2D eigenvalue weighted by molar-refractivity contribution is -0.121. The molecule has 1 aromatic heterocycles. The molecule has 0 aliphatic heterocycles. The average Bonchev–Trinajstić information content (AvgIpc) is 3.27. The Morgan fingerprint density at radius 2 is 2.14 bits per heavy atom. The summed E-state index contributed by atoms with van der Waals surface area (Å²) in [5, 5.41) is 5.56. The summed E-state index contributed by atoms with van der Waals surface area (Å²) in [7, 11) is 3.27. The standard InChI is InChI=1S/C15H22N4O2/c1-10-5-4-8-16-13(10)14(11-6-7-11)18-12(20)9-17-15(21)19(2)3/h4-5,8,11,14H,6-7,9H2,1-3H3,(H,17,21)(H,18,20)/t14-/m1/s1. The van der Waals surface area contributed by atoms with Crippen LogP contribution in [0.1, 0.15) is 30.1 Å². The van der Waals surface area contributed by atoms with E-state index in [4.69, 9.17) is 0 Å². The van der Waals surface area contributed by atoms with Gasteiger partial charge in [-0.15, -0.1) is 0 Å².